The summed E-state index contributed by atoms with van der Waals surface area (Å²) in [4.78, 5) is 11.4. The van der Waals surface area contributed by atoms with Gasteiger partial charge in [0.2, 0.25) is 0 Å². The van der Waals surface area contributed by atoms with Crippen LogP contribution in [0.1, 0.15) is 6.42 Å². The average molecular weight is 312 g/mol. The predicted octanol–water partition coefficient (Wildman–Crippen LogP) is 2.72. The number of carbonyl (C=O) groups excluding carboxylic acids is 1. The lowest BCUT2D eigenvalue weighted by atomic mass is 10.3. The molecule has 0 aliphatic heterocycles. The fraction of sp³-hybridized carbons (Fsp3) is 0.364. The minimum Gasteiger partial charge on any atom is -0.494 e. The summed E-state index contributed by atoms with van der Waals surface area (Å²) in [5.74, 6) is -0.0142. The van der Waals surface area contributed by atoms with Crippen molar-refractivity contribution >= 4 is 46.4 Å². The Morgan fingerprint density at radius 2 is 1.89 bits per heavy atom. The highest BCUT2D eigenvalue weighted by Crippen LogP contribution is 2.28. The average Bonchev–Trinajstić information content (AvgIpc) is 2.30. The van der Waals surface area contributed by atoms with Crippen LogP contribution >= 0.6 is 34.8 Å². The molecule has 0 saturated heterocycles. The lowest BCUT2D eigenvalue weighted by molar-refractivity contribution is -0.115. The van der Waals surface area contributed by atoms with E-state index in [9.17, 15) is 4.79 Å². The molecule has 1 aromatic rings. The van der Waals surface area contributed by atoms with Crippen molar-refractivity contribution < 1.29 is 9.53 Å². The smallest absolute Gasteiger partial charge is 0.276 e. The van der Waals surface area contributed by atoms with Crippen molar-refractivity contribution in [3.8, 4) is 5.75 Å². The molecule has 0 spiro atoms. The fourth-order valence-corrected chi connectivity index (χ4v) is 1.25. The van der Waals surface area contributed by atoms with E-state index in [2.05, 4.69) is 5.32 Å². The zero-order valence-corrected chi connectivity index (χ0v) is 11.7. The van der Waals surface area contributed by atoms with Crippen LogP contribution < -0.4 is 15.8 Å². The van der Waals surface area contributed by atoms with E-state index < -0.39 is 9.70 Å². The summed E-state index contributed by atoms with van der Waals surface area (Å²) in [5, 5.41) is 2.47. The maximum Gasteiger partial charge on any atom is 0.276 e. The SMILES string of the molecule is NCCCOc1ccc(NC(=O)C(Cl)(Cl)Cl)cc1. The number of halogens is 3. The van der Waals surface area contributed by atoms with Gasteiger partial charge in [0, 0.05) is 5.69 Å². The molecule has 4 nitrogen and oxygen atoms in total. The molecular formula is C11H13Cl3N2O2. The van der Waals surface area contributed by atoms with Crippen molar-refractivity contribution in [3.63, 3.8) is 0 Å². The first-order valence-electron chi connectivity index (χ1n) is 5.24. The lowest BCUT2D eigenvalue weighted by Crippen LogP contribution is -2.26. The predicted molar refractivity (Wildman–Crippen MR) is 74.5 cm³/mol. The third kappa shape index (κ3) is 5.31. The Morgan fingerprint density at radius 3 is 2.39 bits per heavy atom. The third-order valence-corrected chi connectivity index (χ3v) is 2.50. The highest BCUT2D eigenvalue weighted by atomic mass is 35.6. The van der Waals surface area contributed by atoms with Gasteiger partial charge in [0.25, 0.3) is 9.70 Å². The van der Waals surface area contributed by atoms with Crippen LogP contribution in [0.2, 0.25) is 0 Å². The van der Waals surface area contributed by atoms with E-state index in [4.69, 9.17) is 45.3 Å². The highest BCUT2D eigenvalue weighted by molar-refractivity contribution is 6.76. The van der Waals surface area contributed by atoms with Gasteiger partial charge < -0.3 is 15.8 Å². The van der Waals surface area contributed by atoms with Gasteiger partial charge in [-0.2, -0.15) is 0 Å². The number of benzene rings is 1. The molecule has 1 rings (SSSR count). The number of ether oxygens (including phenoxy) is 1. The molecule has 3 N–H and O–H groups in total. The Balaban J connectivity index is 2.53. The Morgan fingerprint density at radius 1 is 1.28 bits per heavy atom. The number of carbonyl (C=O) groups is 1. The van der Waals surface area contributed by atoms with Gasteiger partial charge in [-0.15, -0.1) is 0 Å². The van der Waals surface area contributed by atoms with Crippen LogP contribution in [-0.4, -0.2) is 22.9 Å². The van der Waals surface area contributed by atoms with Gasteiger partial charge in [-0.25, -0.2) is 0 Å². The Hall–Kier alpha value is -0.680. The number of rotatable bonds is 5. The molecule has 7 heteroatoms. The van der Waals surface area contributed by atoms with Gasteiger partial charge in [0.05, 0.1) is 6.61 Å². The molecule has 18 heavy (non-hydrogen) atoms. The summed E-state index contributed by atoms with van der Waals surface area (Å²) >= 11 is 16.3. The van der Waals surface area contributed by atoms with Crippen LogP contribution in [0.15, 0.2) is 24.3 Å². The molecule has 0 aliphatic carbocycles. The van der Waals surface area contributed by atoms with Crippen LogP contribution in [-0.2, 0) is 4.79 Å². The summed E-state index contributed by atoms with van der Waals surface area (Å²) in [5.41, 5.74) is 5.87. The molecule has 0 fully saturated rings. The normalized spacial score (nSPS) is 11.1. The van der Waals surface area contributed by atoms with E-state index in [1.807, 2.05) is 0 Å². The quantitative estimate of drug-likeness (QED) is 0.649. The van der Waals surface area contributed by atoms with E-state index in [1.54, 1.807) is 24.3 Å². The monoisotopic (exact) mass is 310 g/mol. The second-order valence-electron chi connectivity index (χ2n) is 3.47. The van der Waals surface area contributed by atoms with Crippen molar-refractivity contribution in [2.75, 3.05) is 18.5 Å². The van der Waals surface area contributed by atoms with Crippen molar-refractivity contribution in [2.24, 2.45) is 5.73 Å². The number of nitrogens with two attached hydrogens (primary N) is 1. The fourth-order valence-electron chi connectivity index (χ4n) is 1.11. The second kappa shape index (κ2) is 7.04. The first-order valence-corrected chi connectivity index (χ1v) is 6.38. The molecule has 0 radical (unpaired) electrons. The van der Waals surface area contributed by atoms with E-state index in [1.165, 1.54) is 0 Å². The standard InChI is InChI=1S/C11H13Cl3N2O2/c12-11(13,14)10(17)16-8-2-4-9(5-3-8)18-7-1-6-15/h2-5H,1,6-7,15H2,(H,16,17). The maximum atomic E-state index is 11.4. The molecule has 0 unspecified atom stereocenters. The summed E-state index contributed by atoms with van der Waals surface area (Å²) in [7, 11) is 0. The first-order chi connectivity index (χ1) is 8.43. The number of hydrogen-bond acceptors (Lipinski definition) is 3. The van der Waals surface area contributed by atoms with Crippen molar-refractivity contribution in [3.05, 3.63) is 24.3 Å². The molecule has 100 valence electrons. The first kappa shape index (κ1) is 15.4. The van der Waals surface area contributed by atoms with Crippen LogP contribution in [0.3, 0.4) is 0 Å². The molecule has 0 saturated carbocycles. The van der Waals surface area contributed by atoms with E-state index in [0.29, 0.717) is 24.6 Å². The highest BCUT2D eigenvalue weighted by Gasteiger charge is 2.30. The number of alkyl halides is 3. The topological polar surface area (TPSA) is 64.3 Å². The zero-order valence-electron chi connectivity index (χ0n) is 9.46. The number of hydrogen-bond donors (Lipinski definition) is 2. The molecule has 0 atom stereocenters. The van der Waals surface area contributed by atoms with Gasteiger partial charge in [0.15, 0.2) is 0 Å². The molecule has 0 aliphatic rings. The second-order valence-corrected chi connectivity index (χ2v) is 5.75. The Labute approximate surface area is 120 Å². The third-order valence-electron chi connectivity index (χ3n) is 1.99. The van der Waals surface area contributed by atoms with Crippen LogP contribution in [0.4, 0.5) is 5.69 Å². The van der Waals surface area contributed by atoms with Crippen LogP contribution in [0, 0.1) is 0 Å². The van der Waals surface area contributed by atoms with Crippen LogP contribution in [0.5, 0.6) is 5.75 Å². The number of anilines is 1. The summed E-state index contributed by atoms with van der Waals surface area (Å²) in [6.45, 7) is 1.13. The molecule has 1 aromatic carbocycles. The van der Waals surface area contributed by atoms with Gasteiger partial charge in [0.1, 0.15) is 5.75 Å². The Kier molecular flexibility index (Phi) is 6.02. The molecule has 0 heterocycles. The number of amides is 1. The van der Waals surface area contributed by atoms with Gasteiger partial charge in [-0.1, -0.05) is 34.8 Å². The summed E-state index contributed by atoms with van der Waals surface area (Å²) in [6, 6.07) is 6.74. The van der Waals surface area contributed by atoms with E-state index in [-0.39, 0.29) is 0 Å². The minimum atomic E-state index is -1.98. The largest absolute Gasteiger partial charge is 0.494 e. The van der Waals surface area contributed by atoms with Crippen molar-refractivity contribution in [1.82, 2.24) is 0 Å². The van der Waals surface area contributed by atoms with E-state index in [0.717, 1.165) is 6.42 Å². The zero-order chi connectivity index (χ0) is 13.6. The van der Waals surface area contributed by atoms with Crippen molar-refractivity contribution in [1.29, 1.82) is 0 Å². The van der Waals surface area contributed by atoms with E-state index >= 15 is 0 Å². The lowest BCUT2D eigenvalue weighted by Gasteiger charge is -2.12. The van der Waals surface area contributed by atoms with Gasteiger partial charge >= 0.3 is 0 Å². The van der Waals surface area contributed by atoms with Gasteiger partial charge in [-0.3, -0.25) is 4.79 Å². The van der Waals surface area contributed by atoms with Gasteiger partial charge in [-0.05, 0) is 37.2 Å². The molecule has 0 aromatic heterocycles. The van der Waals surface area contributed by atoms with Crippen LogP contribution in [0.25, 0.3) is 0 Å². The Bertz CT molecular complexity index is 390. The minimum absolute atomic E-state index is 0.525. The molecule has 1 amide bonds. The summed E-state index contributed by atoms with van der Waals surface area (Å²) in [6.07, 6.45) is 0.783. The molecular weight excluding hydrogens is 298 g/mol. The maximum absolute atomic E-state index is 11.4. The number of nitrogens with one attached hydrogen (secondary N) is 1. The molecule has 0 bridgehead atoms. The summed E-state index contributed by atoms with van der Waals surface area (Å²) < 4.78 is 3.43. The van der Waals surface area contributed by atoms with Crippen molar-refractivity contribution in [2.45, 2.75) is 10.2 Å².